The molecule has 5 nitrogen and oxygen atoms in total. The average molecular weight is 399 g/mol. The minimum Gasteiger partial charge on any atom is -0.397 e. The smallest absolute Gasteiger partial charge is 0.397 e. The number of alkyl halides is 3. The summed E-state index contributed by atoms with van der Waals surface area (Å²) in [6, 6.07) is 1.79. The first-order valence-electron chi connectivity index (χ1n) is 8.62. The van der Waals surface area contributed by atoms with E-state index < -0.39 is 42.0 Å². The summed E-state index contributed by atoms with van der Waals surface area (Å²) >= 11 is 0. The highest BCUT2D eigenvalue weighted by Crippen LogP contribution is 2.28. The Bertz CT molecular complexity index is 949. The summed E-state index contributed by atoms with van der Waals surface area (Å²) < 4.78 is 54.0. The highest BCUT2D eigenvalue weighted by Gasteiger charge is 2.35. The SMILES string of the molecule is Cc1ccc(C(F)(F)F)n(CC(=O)Cc2c(F)cnc(CC(C)C)c2N)c1=O. The van der Waals surface area contributed by atoms with Gasteiger partial charge in [-0.25, -0.2) is 4.39 Å². The fraction of sp³-hybridized carbons (Fsp3) is 0.421. The molecule has 9 heteroatoms. The van der Waals surface area contributed by atoms with Gasteiger partial charge in [0.25, 0.3) is 5.56 Å². The Labute approximate surface area is 159 Å². The molecule has 0 radical (unpaired) electrons. The number of hydrogen-bond donors (Lipinski definition) is 1. The van der Waals surface area contributed by atoms with E-state index >= 15 is 0 Å². The molecule has 2 rings (SSSR count). The molecule has 0 aliphatic heterocycles. The molecule has 2 aromatic rings. The van der Waals surface area contributed by atoms with Crippen LogP contribution >= 0.6 is 0 Å². The van der Waals surface area contributed by atoms with Crippen LogP contribution in [-0.4, -0.2) is 15.3 Å². The van der Waals surface area contributed by atoms with Gasteiger partial charge >= 0.3 is 6.18 Å². The molecule has 0 unspecified atom stereocenters. The van der Waals surface area contributed by atoms with Crippen LogP contribution < -0.4 is 11.3 Å². The van der Waals surface area contributed by atoms with E-state index in [2.05, 4.69) is 4.98 Å². The lowest BCUT2D eigenvalue weighted by Gasteiger charge is -2.16. The summed E-state index contributed by atoms with van der Waals surface area (Å²) in [6.45, 7) is 4.34. The van der Waals surface area contributed by atoms with Crippen LogP contribution in [0, 0.1) is 18.7 Å². The Kier molecular flexibility index (Phi) is 6.26. The highest BCUT2D eigenvalue weighted by molar-refractivity contribution is 5.82. The summed E-state index contributed by atoms with van der Waals surface area (Å²) in [4.78, 5) is 28.5. The van der Waals surface area contributed by atoms with Crippen molar-refractivity contribution in [3.8, 4) is 0 Å². The summed E-state index contributed by atoms with van der Waals surface area (Å²) in [5.41, 5.74) is 4.14. The van der Waals surface area contributed by atoms with Gasteiger partial charge in [0.2, 0.25) is 0 Å². The number of nitrogen functional groups attached to an aromatic ring is 1. The number of aromatic nitrogens is 2. The second-order valence-corrected chi connectivity index (χ2v) is 7.05. The maximum atomic E-state index is 14.1. The van der Waals surface area contributed by atoms with Gasteiger partial charge in [-0.15, -0.1) is 0 Å². The summed E-state index contributed by atoms with van der Waals surface area (Å²) in [5, 5.41) is 0. The number of aryl methyl sites for hydroxylation is 1. The monoisotopic (exact) mass is 399 g/mol. The fourth-order valence-electron chi connectivity index (χ4n) is 2.84. The zero-order valence-electron chi connectivity index (χ0n) is 15.7. The van der Waals surface area contributed by atoms with Crippen molar-refractivity contribution in [2.75, 3.05) is 5.73 Å². The van der Waals surface area contributed by atoms with Crippen LogP contribution in [0.4, 0.5) is 23.2 Å². The van der Waals surface area contributed by atoms with Crippen molar-refractivity contribution < 1.29 is 22.4 Å². The van der Waals surface area contributed by atoms with E-state index in [0.29, 0.717) is 16.7 Å². The maximum absolute atomic E-state index is 14.1. The van der Waals surface area contributed by atoms with Crippen molar-refractivity contribution in [3.63, 3.8) is 0 Å². The van der Waals surface area contributed by atoms with E-state index in [1.807, 2.05) is 13.8 Å². The molecule has 0 atom stereocenters. The third-order valence-electron chi connectivity index (χ3n) is 4.22. The standard InChI is InChI=1S/C19H21F4N3O2/c1-10(2)6-15-17(24)13(14(20)8-25-15)7-12(27)9-26-16(19(21,22)23)5-4-11(3)18(26)28/h4-5,8,10H,6-7,9,24H2,1-3H3. The number of nitrogens with zero attached hydrogens (tertiary/aromatic N) is 2. The molecule has 0 saturated carbocycles. The van der Waals surface area contributed by atoms with Gasteiger partial charge in [-0.3, -0.25) is 19.1 Å². The molecule has 0 aliphatic rings. The van der Waals surface area contributed by atoms with E-state index in [1.54, 1.807) is 0 Å². The van der Waals surface area contributed by atoms with Gasteiger partial charge in [-0.1, -0.05) is 19.9 Å². The van der Waals surface area contributed by atoms with Crippen LogP contribution in [0.15, 0.2) is 23.1 Å². The molecular weight excluding hydrogens is 378 g/mol. The molecule has 0 bridgehead atoms. The molecule has 28 heavy (non-hydrogen) atoms. The Morgan fingerprint density at radius 2 is 1.93 bits per heavy atom. The van der Waals surface area contributed by atoms with Crippen LogP contribution in [0.1, 0.15) is 36.4 Å². The number of Topliss-reactive ketones (excluding diaryl/α,β-unsaturated/α-hetero) is 1. The van der Waals surface area contributed by atoms with Crippen molar-refractivity contribution in [2.24, 2.45) is 5.92 Å². The number of halogens is 4. The predicted molar refractivity (Wildman–Crippen MR) is 96.3 cm³/mol. The summed E-state index contributed by atoms with van der Waals surface area (Å²) in [7, 11) is 0. The van der Waals surface area contributed by atoms with Crippen molar-refractivity contribution >= 4 is 11.5 Å². The first kappa shape index (κ1) is 21.6. The van der Waals surface area contributed by atoms with E-state index in [-0.39, 0.29) is 22.7 Å². The first-order chi connectivity index (χ1) is 12.9. The van der Waals surface area contributed by atoms with Gasteiger partial charge in [-0.05, 0) is 25.3 Å². The van der Waals surface area contributed by atoms with Crippen molar-refractivity contribution in [1.29, 1.82) is 0 Å². The van der Waals surface area contributed by atoms with Crippen LogP contribution in [0.5, 0.6) is 0 Å². The first-order valence-corrected chi connectivity index (χ1v) is 8.62. The van der Waals surface area contributed by atoms with E-state index in [1.165, 1.54) is 6.92 Å². The third-order valence-corrected chi connectivity index (χ3v) is 4.22. The molecule has 0 aromatic carbocycles. The van der Waals surface area contributed by atoms with E-state index in [9.17, 15) is 27.2 Å². The second kappa shape index (κ2) is 8.12. The Morgan fingerprint density at radius 3 is 2.50 bits per heavy atom. The normalized spacial score (nSPS) is 11.9. The Hall–Kier alpha value is -2.71. The average Bonchev–Trinajstić information content (AvgIpc) is 2.57. The van der Waals surface area contributed by atoms with Crippen molar-refractivity contribution in [1.82, 2.24) is 9.55 Å². The van der Waals surface area contributed by atoms with E-state index in [0.717, 1.165) is 18.3 Å². The maximum Gasteiger partial charge on any atom is 0.431 e. The number of carbonyl (C=O) groups is 1. The Balaban J connectivity index is 2.36. The molecule has 0 amide bonds. The lowest BCUT2D eigenvalue weighted by atomic mass is 10.0. The quantitative estimate of drug-likeness (QED) is 0.756. The lowest BCUT2D eigenvalue weighted by molar-refractivity contribution is -0.144. The summed E-state index contributed by atoms with van der Waals surface area (Å²) in [5.74, 6) is -1.40. The van der Waals surface area contributed by atoms with Crippen molar-refractivity contribution in [2.45, 2.75) is 46.3 Å². The van der Waals surface area contributed by atoms with Crippen molar-refractivity contribution in [3.05, 3.63) is 57.0 Å². The fourth-order valence-corrected chi connectivity index (χ4v) is 2.84. The van der Waals surface area contributed by atoms with Crippen LogP contribution in [0.25, 0.3) is 0 Å². The topological polar surface area (TPSA) is 78.0 Å². The number of ketones is 1. The molecule has 0 fully saturated rings. The summed E-state index contributed by atoms with van der Waals surface area (Å²) in [6.07, 6.45) is -3.94. The molecule has 0 saturated heterocycles. The second-order valence-electron chi connectivity index (χ2n) is 7.05. The van der Waals surface area contributed by atoms with Gasteiger partial charge < -0.3 is 5.73 Å². The van der Waals surface area contributed by atoms with Gasteiger partial charge in [0, 0.05) is 17.5 Å². The minimum atomic E-state index is -4.81. The zero-order chi connectivity index (χ0) is 21.2. The molecule has 2 heterocycles. The number of hydrogen-bond acceptors (Lipinski definition) is 4. The minimum absolute atomic E-state index is 0.00897. The number of nitrogens with two attached hydrogens (primary N) is 1. The molecule has 152 valence electrons. The molecule has 2 N–H and O–H groups in total. The van der Waals surface area contributed by atoms with Gasteiger partial charge in [0.05, 0.1) is 24.1 Å². The Morgan fingerprint density at radius 1 is 1.29 bits per heavy atom. The van der Waals surface area contributed by atoms with Gasteiger partial charge in [0.15, 0.2) is 5.78 Å². The zero-order valence-corrected chi connectivity index (χ0v) is 15.7. The number of carbonyl (C=O) groups excluding carboxylic acids is 1. The third kappa shape index (κ3) is 4.76. The molecular formula is C19H21F4N3O2. The predicted octanol–water partition coefficient (Wildman–Crippen LogP) is 3.30. The van der Waals surface area contributed by atoms with Gasteiger partial charge in [0.1, 0.15) is 11.5 Å². The number of rotatable bonds is 6. The lowest BCUT2D eigenvalue weighted by Crippen LogP contribution is -2.32. The van der Waals surface area contributed by atoms with Crippen LogP contribution in [0.3, 0.4) is 0 Å². The van der Waals surface area contributed by atoms with Crippen LogP contribution in [-0.2, 0) is 30.4 Å². The molecule has 0 aliphatic carbocycles. The van der Waals surface area contributed by atoms with Crippen LogP contribution in [0.2, 0.25) is 0 Å². The molecule has 2 aromatic heterocycles. The largest absolute Gasteiger partial charge is 0.431 e. The number of anilines is 1. The molecule has 0 spiro atoms. The highest BCUT2D eigenvalue weighted by atomic mass is 19.4. The number of pyridine rings is 2. The van der Waals surface area contributed by atoms with Gasteiger partial charge in [-0.2, -0.15) is 13.2 Å². The van der Waals surface area contributed by atoms with E-state index in [4.69, 9.17) is 5.73 Å².